The number of unbranched alkanes of at least 4 members (excludes halogenated alkanes) is 1. The van der Waals surface area contributed by atoms with E-state index in [0.29, 0.717) is 6.61 Å². The Morgan fingerprint density at radius 2 is 1.88 bits per heavy atom. The highest BCUT2D eigenvalue weighted by Gasteiger charge is 2.20. The van der Waals surface area contributed by atoms with Gasteiger partial charge in [0.1, 0.15) is 0 Å². The van der Waals surface area contributed by atoms with E-state index in [0.717, 1.165) is 36.9 Å². The summed E-state index contributed by atoms with van der Waals surface area (Å²) in [5, 5.41) is 2.95. The summed E-state index contributed by atoms with van der Waals surface area (Å²) in [7, 11) is 0. The molecule has 2 rings (SSSR count). The number of hydrogen-bond acceptors (Lipinski definition) is 3. The number of piperidine rings is 1. The Labute approximate surface area is 159 Å². The van der Waals surface area contributed by atoms with Gasteiger partial charge >= 0.3 is 6.09 Å². The largest absolute Gasteiger partial charge is 0.450 e. The van der Waals surface area contributed by atoms with Crippen molar-refractivity contribution in [1.82, 2.24) is 10.2 Å². The molecule has 0 unspecified atom stereocenters. The number of ether oxygens (including phenoxy) is 1. The van der Waals surface area contributed by atoms with Gasteiger partial charge in [-0.25, -0.2) is 4.79 Å². The molecule has 1 aliphatic heterocycles. The molecule has 0 saturated carbocycles. The first-order chi connectivity index (χ1) is 11.7. The second-order valence-corrected chi connectivity index (χ2v) is 7.15. The van der Waals surface area contributed by atoms with Gasteiger partial charge in [0.25, 0.3) is 0 Å². The average Bonchev–Trinajstić information content (AvgIpc) is 2.61. The summed E-state index contributed by atoms with van der Waals surface area (Å²) in [6.45, 7) is 5.58. The third-order valence-electron chi connectivity index (χ3n) is 4.55. The molecule has 1 aromatic carbocycles. The van der Waals surface area contributed by atoms with E-state index in [1.807, 2.05) is 6.92 Å². The Morgan fingerprint density at radius 1 is 1.21 bits per heavy atom. The first-order valence-corrected chi connectivity index (χ1v) is 10.5. The monoisotopic (exact) mass is 444 g/mol. The summed E-state index contributed by atoms with van der Waals surface area (Å²) in [5.74, 6) is 0. The normalized spacial score (nSPS) is 16.1. The topological polar surface area (TPSA) is 41.6 Å². The van der Waals surface area contributed by atoms with E-state index < -0.39 is 0 Å². The van der Waals surface area contributed by atoms with Crippen LogP contribution in [0.3, 0.4) is 0 Å². The van der Waals surface area contributed by atoms with Gasteiger partial charge in [-0.3, -0.25) is 0 Å². The lowest BCUT2D eigenvalue weighted by Crippen LogP contribution is -2.45. The second kappa shape index (κ2) is 10.9. The van der Waals surface area contributed by atoms with E-state index in [4.69, 9.17) is 4.74 Å². The van der Waals surface area contributed by atoms with Crippen molar-refractivity contribution in [3.8, 4) is 0 Å². The van der Waals surface area contributed by atoms with Gasteiger partial charge in [-0.1, -0.05) is 46.9 Å². The number of nitrogens with one attached hydrogen (secondary N) is 1. The Hall–Kier alpha value is -0.820. The highest BCUT2D eigenvalue weighted by Crippen LogP contribution is 2.13. The van der Waals surface area contributed by atoms with Crippen LogP contribution in [0.2, 0.25) is 0 Å². The zero-order valence-corrected chi connectivity index (χ0v) is 16.8. The molecule has 4 nitrogen and oxygen atoms in total. The van der Waals surface area contributed by atoms with Gasteiger partial charge in [-0.15, -0.1) is 0 Å². The number of likely N-dealkylation sites (tertiary alicyclic amines) is 1. The van der Waals surface area contributed by atoms with Crippen LogP contribution >= 0.6 is 22.6 Å². The van der Waals surface area contributed by atoms with Crippen LogP contribution in [0.25, 0.3) is 0 Å². The number of aryl methyl sites for hydroxylation is 1. The Bertz CT molecular complexity index is 485. The fraction of sp³-hybridized carbons (Fsp3) is 0.632. The molecule has 134 valence electrons. The SMILES string of the molecule is CCOC(=O)NC1CCN(CCCCc2ccc(CI)cc2)CC1. The minimum absolute atomic E-state index is 0.274. The number of benzene rings is 1. The molecule has 0 spiro atoms. The van der Waals surface area contributed by atoms with Crippen LogP contribution in [0, 0.1) is 0 Å². The number of carbonyl (C=O) groups is 1. The van der Waals surface area contributed by atoms with Crippen molar-refractivity contribution in [2.45, 2.75) is 49.5 Å². The maximum absolute atomic E-state index is 11.4. The van der Waals surface area contributed by atoms with Crippen LogP contribution in [0.5, 0.6) is 0 Å². The maximum atomic E-state index is 11.4. The zero-order chi connectivity index (χ0) is 17.2. The summed E-state index contributed by atoms with van der Waals surface area (Å²) in [6, 6.07) is 9.28. The quantitative estimate of drug-likeness (QED) is 0.372. The molecular formula is C19H29IN2O2. The van der Waals surface area contributed by atoms with E-state index in [-0.39, 0.29) is 12.1 Å². The van der Waals surface area contributed by atoms with Crippen molar-refractivity contribution in [3.05, 3.63) is 35.4 Å². The van der Waals surface area contributed by atoms with Gasteiger partial charge in [-0.05, 0) is 56.7 Å². The first kappa shape index (κ1) is 19.5. The fourth-order valence-corrected chi connectivity index (χ4v) is 3.61. The van der Waals surface area contributed by atoms with Gasteiger partial charge in [0.05, 0.1) is 6.61 Å². The van der Waals surface area contributed by atoms with Crippen LogP contribution in [0.1, 0.15) is 43.7 Å². The number of carbonyl (C=O) groups excluding carboxylic acids is 1. The Balaban J connectivity index is 1.56. The highest BCUT2D eigenvalue weighted by atomic mass is 127. The number of halogens is 1. The van der Waals surface area contributed by atoms with Crippen molar-refractivity contribution in [2.24, 2.45) is 0 Å². The average molecular weight is 444 g/mol. The molecule has 0 bridgehead atoms. The van der Waals surface area contributed by atoms with E-state index in [1.165, 1.54) is 30.4 Å². The molecule has 24 heavy (non-hydrogen) atoms. The zero-order valence-electron chi connectivity index (χ0n) is 14.6. The maximum Gasteiger partial charge on any atom is 0.407 e. The van der Waals surface area contributed by atoms with Crippen molar-refractivity contribution in [3.63, 3.8) is 0 Å². The summed E-state index contributed by atoms with van der Waals surface area (Å²) in [4.78, 5) is 13.9. The first-order valence-electron chi connectivity index (χ1n) is 9.00. The number of alkyl halides is 1. The molecule has 1 heterocycles. The van der Waals surface area contributed by atoms with Gasteiger partial charge in [-0.2, -0.15) is 0 Å². The van der Waals surface area contributed by atoms with Crippen LogP contribution in [0.4, 0.5) is 4.79 Å². The Kier molecular flexibility index (Phi) is 8.88. The molecule has 1 saturated heterocycles. The number of alkyl carbamates (subject to hydrolysis) is 1. The lowest BCUT2D eigenvalue weighted by atomic mass is 10.0. The van der Waals surface area contributed by atoms with Crippen LogP contribution in [-0.4, -0.2) is 43.3 Å². The van der Waals surface area contributed by atoms with Gasteiger partial charge < -0.3 is 15.0 Å². The number of rotatable bonds is 8. The molecule has 0 aromatic heterocycles. The molecular weight excluding hydrogens is 415 g/mol. The summed E-state index contributed by atoms with van der Waals surface area (Å²) >= 11 is 2.40. The molecule has 0 aliphatic carbocycles. The lowest BCUT2D eigenvalue weighted by molar-refractivity contribution is 0.136. The fourth-order valence-electron chi connectivity index (χ4n) is 3.10. The van der Waals surface area contributed by atoms with Crippen LogP contribution < -0.4 is 5.32 Å². The molecule has 5 heteroatoms. The van der Waals surface area contributed by atoms with E-state index in [9.17, 15) is 4.79 Å². The Morgan fingerprint density at radius 3 is 2.50 bits per heavy atom. The molecule has 1 fully saturated rings. The molecule has 0 radical (unpaired) electrons. The third kappa shape index (κ3) is 6.97. The summed E-state index contributed by atoms with van der Waals surface area (Å²) in [6.07, 6.45) is 5.42. The highest BCUT2D eigenvalue weighted by molar-refractivity contribution is 14.1. The summed E-state index contributed by atoms with van der Waals surface area (Å²) < 4.78 is 6.03. The van der Waals surface area contributed by atoms with Crippen molar-refractivity contribution in [2.75, 3.05) is 26.2 Å². The van der Waals surface area contributed by atoms with Crippen LogP contribution in [0.15, 0.2) is 24.3 Å². The minimum Gasteiger partial charge on any atom is -0.450 e. The number of hydrogen-bond donors (Lipinski definition) is 1. The van der Waals surface area contributed by atoms with E-state index >= 15 is 0 Å². The van der Waals surface area contributed by atoms with Gasteiger partial charge in [0.2, 0.25) is 0 Å². The minimum atomic E-state index is -0.274. The number of amides is 1. The molecule has 1 aromatic rings. The lowest BCUT2D eigenvalue weighted by Gasteiger charge is -2.32. The number of nitrogens with zero attached hydrogens (tertiary/aromatic N) is 1. The van der Waals surface area contributed by atoms with Crippen LogP contribution in [-0.2, 0) is 15.6 Å². The molecule has 1 aliphatic rings. The van der Waals surface area contributed by atoms with Crippen molar-refractivity contribution >= 4 is 28.7 Å². The van der Waals surface area contributed by atoms with E-state index in [2.05, 4.69) is 57.1 Å². The summed E-state index contributed by atoms with van der Waals surface area (Å²) in [5.41, 5.74) is 2.85. The molecule has 1 N–H and O–H groups in total. The van der Waals surface area contributed by atoms with Gasteiger partial charge in [0.15, 0.2) is 0 Å². The second-order valence-electron chi connectivity index (χ2n) is 6.39. The molecule has 0 atom stereocenters. The third-order valence-corrected chi connectivity index (χ3v) is 5.43. The van der Waals surface area contributed by atoms with E-state index in [1.54, 1.807) is 0 Å². The van der Waals surface area contributed by atoms with Crippen molar-refractivity contribution in [1.29, 1.82) is 0 Å². The molecule has 1 amide bonds. The standard InChI is InChI=1S/C19H29IN2O2/c1-2-24-19(23)21-18-10-13-22(14-11-18)12-4-3-5-16-6-8-17(15-20)9-7-16/h6-9,18H,2-5,10-15H2,1H3,(H,21,23). The smallest absolute Gasteiger partial charge is 0.407 e. The van der Waals surface area contributed by atoms with Crippen molar-refractivity contribution < 1.29 is 9.53 Å². The predicted octanol–water partition coefficient (Wildman–Crippen LogP) is 4.15. The van der Waals surface area contributed by atoms with Gasteiger partial charge in [0, 0.05) is 23.6 Å². The predicted molar refractivity (Wildman–Crippen MR) is 107 cm³/mol.